The number of fused-ring (bicyclic) bond motifs is 1. The molecule has 0 spiro atoms. The molecule has 0 bridgehead atoms. The number of aromatic nitrogens is 3. The summed E-state index contributed by atoms with van der Waals surface area (Å²) < 4.78 is 14.9. The maximum absolute atomic E-state index is 12.5. The highest BCUT2D eigenvalue weighted by molar-refractivity contribution is 5.76. The monoisotopic (exact) mass is 365 g/mol. The van der Waals surface area contributed by atoms with E-state index in [9.17, 15) is 9.90 Å². The first-order chi connectivity index (χ1) is 12.5. The molecule has 0 amide bonds. The van der Waals surface area contributed by atoms with Crippen LogP contribution in [-0.4, -0.2) is 77.2 Å². The summed E-state index contributed by atoms with van der Waals surface area (Å²) in [6, 6.07) is 1.98. The maximum Gasteiger partial charge on any atom is 0.351 e. The molecule has 2 atom stereocenters. The van der Waals surface area contributed by atoms with E-state index in [4.69, 9.17) is 9.47 Å². The minimum absolute atomic E-state index is 0.0787. The van der Waals surface area contributed by atoms with Gasteiger partial charge in [0.25, 0.3) is 0 Å². The fourth-order valence-corrected chi connectivity index (χ4v) is 3.21. The normalized spacial score (nSPS) is 21.5. The van der Waals surface area contributed by atoms with Crippen molar-refractivity contribution in [3.8, 4) is 0 Å². The Hall–Kier alpha value is -1.78. The van der Waals surface area contributed by atoms with Crippen LogP contribution in [0.1, 0.15) is 11.9 Å². The molecule has 2 aromatic rings. The predicted molar refractivity (Wildman–Crippen MR) is 97.0 cm³/mol. The Morgan fingerprint density at radius 1 is 1.42 bits per heavy atom. The summed E-state index contributed by atoms with van der Waals surface area (Å²) >= 11 is 0. The third-order valence-electron chi connectivity index (χ3n) is 4.62. The summed E-state index contributed by atoms with van der Waals surface area (Å²) in [7, 11) is 5.70. The second-order valence-electron chi connectivity index (χ2n) is 6.68. The van der Waals surface area contributed by atoms with Crippen LogP contribution >= 0.6 is 0 Å². The van der Waals surface area contributed by atoms with Crippen LogP contribution in [0.3, 0.4) is 0 Å². The molecule has 0 saturated carbocycles. The lowest BCUT2D eigenvalue weighted by Crippen LogP contribution is -2.47. The van der Waals surface area contributed by atoms with Crippen molar-refractivity contribution in [2.24, 2.45) is 7.05 Å². The van der Waals surface area contributed by atoms with Crippen molar-refractivity contribution in [2.75, 3.05) is 46.9 Å². The van der Waals surface area contributed by atoms with Crippen molar-refractivity contribution in [1.29, 1.82) is 0 Å². The van der Waals surface area contributed by atoms with Gasteiger partial charge >= 0.3 is 5.69 Å². The number of aliphatic hydroxyl groups excluding tert-OH is 1. The standard InChI is InChI=1S/C17H27N5O4/c1-18-4-5-25-11-13-6-12-7-22(17(24)19-16(12)21(13)3)15-9-20(2)8-14(10-23)26-15/h6-7,14-15,18,23H,4-5,8-11H2,1-3H3/t14-,15?/m0/s1. The van der Waals surface area contributed by atoms with Gasteiger partial charge in [0, 0.05) is 44.0 Å². The molecular formula is C17H27N5O4. The summed E-state index contributed by atoms with van der Waals surface area (Å²) in [6.45, 7) is 2.98. The van der Waals surface area contributed by atoms with Gasteiger partial charge in [-0.3, -0.25) is 9.47 Å². The lowest BCUT2D eigenvalue weighted by Gasteiger charge is -2.35. The SMILES string of the molecule is CNCCOCc1cc2cn(C3CN(C)C[C@@H](CO)O3)c(=O)nc2n1C. The van der Waals surface area contributed by atoms with Gasteiger partial charge in [0.1, 0.15) is 5.65 Å². The Balaban J connectivity index is 1.86. The third kappa shape index (κ3) is 3.97. The van der Waals surface area contributed by atoms with Crippen molar-refractivity contribution in [3.63, 3.8) is 0 Å². The number of hydrogen-bond acceptors (Lipinski definition) is 7. The topological polar surface area (TPSA) is 93.8 Å². The van der Waals surface area contributed by atoms with Crippen molar-refractivity contribution < 1.29 is 14.6 Å². The molecule has 3 rings (SSSR count). The number of nitrogens with one attached hydrogen (secondary N) is 1. The minimum Gasteiger partial charge on any atom is -0.394 e. The van der Waals surface area contributed by atoms with E-state index < -0.39 is 6.23 Å². The summed E-state index contributed by atoms with van der Waals surface area (Å²) in [4.78, 5) is 18.8. The Kier molecular flexibility index (Phi) is 6.05. The number of ether oxygens (including phenoxy) is 2. The number of morpholine rings is 1. The Bertz CT molecular complexity index is 802. The van der Waals surface area contributed by atoms with Gasteiger partial charge in [0.05, 0.1) is 25.9 Å². The van der Waals surface area contributed by atoms with Crippen LogP contribution in [0.15, 0.2) is 17.1 Å². The molecule has 3 heterocycles. The van der Waals surface area contributed by atoms with Crippen LogP contribution in [0, 0.1) is 0 Å². The summed E-state index contributed by atoms with van der Waals surface area (Å²) in [5, 5.41) is 13.3. The zero-order valence-electron chi connectivity index (χ0n) is 15.5. The molecule has 9 nitrogen and oxygen atoms in total. The van der Waals surface area contributed by atoms with E-state index in [1.165, 1.54) is 4.57 Å². The first kappa shape index (κ1) is 19.0. The fraction of sp³-hybridized carbons (Fsp3) is 0.647. The van der Waals surface area contributed by atoms with Crippen molar-refractivity contribution in [1.82, 2.24) is 24.3 Å². The van der Waals surface area contributed by atoms with Crippen LogP contribution in [-0.2, 0) is 23.1 Å². The predicted octanol–water partition coefficient (Wildman–Crippen LogP) is -0.707. The van der Waals surface area contributed by atoms with E-state index in [0.717, 1.165) is 17.6 Å². The molecule has 2 aromatic heterocycles. The zero-order chi connectivity index (χ0) is 18.7. The van der Waals surface area contributed by atoms with Gasteiger partial charge < -0.3 is 24.5 Å². The van der Waals surface area contributed by atoms with E-state index in [2.05, 4.69) is 10.3 Å². The van der Waals surface area contributed by atoms with Gasteiger partial charge in [-0.2, -0.15) is 4.98 Å². The number of aryl methyl sites for hydroxylation is 1. The summed E-state index contributed by atoms with van der Waals surface area (Å²) in [6.07, 6.45) is 0.999. The highest BCUT2D eigenvalue weighted by Crippen LogP contribution is 2.21. The molecule has 1 aliphatic rings. The van der Waals surface area contributed by atoms with Crippen LogP contribution in [0.25, 0.3) is 11.0 Å². The van der Waals surface area contributed by atoms with Gasteiger partial charge in [-0.25, -0.2) is 4.79 Å². The second kappa shape index (κ2) is 8.28. The van der Waals surface area contributed by atoms with Gasteiger partial charge in [-0.05, 0) is 20.2 Å². The van der Waals surface area contributed by atoms with Crippen LogP contribution in [0.4, 0.5) is 0 Å². The highest BCUT2D eigenvalue weighted by Gasteiger charge is 2.27. The molecule has 0 aromatic carbocycles. The largest absolute Gasteiger partial charge is 0.394 e. The van der Waals surface area contributed by atoms with Gasteiger partial charge in [0.15, 0.2) is 6.23 Å². The first-order valence-electron chi connectivity index (χ1n) is 8.78. The number of nitrogens with zero attached hydrogens (tertiary/aromatic N) is 4. The van der Waals surface area contributed by atoms with Crippen molar-refractivity contribution in [2.45, 2.75) is 18.9 Å². The van der Waals surface area contributed by atoms with Crippen LogP contribution < -0.4 is 11.0 Å². The van der Waals surface area contributed by atoms with Crippen molar-refractivity contribution >= 4 is 11.0 Å². The number of likely N-dealkylation sites (N-methyl/N-ethyl adjacent to an activating group) is 2. The van der Waals surface area contributed by atoms with Crippen molar-refractivity contribution in [3.05, 3.63) is 28.4 Å². The lowest BCUT2D eigenvalue weighted by molar-refractivity contribution is -0.130. The first-order valence-corrected chi connectivity index (χ1v) is 8.78. The molecule has 0 radical (unpaired) electrons. The number of aliphatic hydroxyl groups is 1. The molecule has 26 heavy (non-hydrogen) atoms. The Morgan fingerprint density at radius 3 is 2.96 bits per heavy atom. The van der Waals surface area contributed by atoms with Crippen LogP contribution in [0.5, 0.6) is 0 Å². The maximum atomic E-state index is 12.5. The minimum atomic E-state index is -0.467. The van der Waals surface area contributed by atoms with E-state index in [1.54, 1.807) is 6.20 Å². The average Bonchev–Trinajstić information content (AvgIpc) is 2.93. The molecule has 9 heteroatoms. The van der Waals surface area contributed by atoms with Gasteiger partial charge in [-0.15, -0.1) is 0 Å². The lowest BCUT2D eigenvalue weighted by atomic mass is 10.2. The Labute approximate surface area is 152 Å². The fourth-order valence-electron chi connectivity index (χ4n) is 3.21. The smallest absolute Gasteiger partial charge is 0.351 e. The third-order valence-corrected chi connectivity index (χ3v) is 4.62. The van der Waals surface area contributed by atoms with Crippen LogP contribution in [0.2, 0.25) is 0 Å². The van der Waals surface area contributed by atoms with E-state index in [-0.39, 0.29) is 18.4 Å². The molecule has 1 aliphatic heterocycles. The summed E-state index contributed by atoms with van der Waals surface area (Å²) in [5.41, 5.74) is 1.22. The van der Waals surface area contributed by atoms with E-state index >= 15 is 0 Å². The quantitative estimate of drug-likeness (QED) is 0.626. The molecule has 0 aliphatic carbocycles. The second-order valence-corrected chi connectivity index (χ2v) is 6.68. The molecule has 1 saturated heterocycles. The summed E-state index contributed by atoms with van der Waals surface area (Å²) in [5.74, 6) is 0. The highest BCUT2D eigenvalue weighted by atomic mass is 16.5. The molecule has 1 fully saturated rings. The number of rotatable bonds is 7. The average molecular weight is 365 g/mol. The zero-order valence-corrected chi connectivity index (χ0v) is 15.5. The molecule has 2 N–H and O–H groups in total. The van der Waals surface area contributed by atoms with E-state index in [1.807, 2.05) is 36.7 Å². The molecule has 1 unspecified atom stereocenters. The Morgan fingerprint density at radius 2 is 2.23 bits per heavy atom. The van der Waals surface area contributed by atoms with Gasteiger partial charge in [0.2, 0.25) is 0 Å². The molecular weight excluding hydrogens is 338 g/mol. The number of hydrogen-bond donors (Lipinski definition) is 2. The van der Waals surface area contributed by atoms with Gasteiger partial charge in [-0.1, -0.05) is 0 Å². The van der Waals surface area contributed by atoms with E-state index in [0.29, 0.717) is 32.0 Å². The molecule has 144 valence electrons.